The molecule has 1 aromatic heterocycles. The number of sulfonamides is 1. The summed E-state index contributed by atoms with van der Waals surface area (Å²) in [5.41, 5.74) is 1.84. The Balaban J connectivity index is 1.53. The number of rotatable bonds is 6. The maximum Gasteiger partial charge on any atom is 0.241 e. The van der Waals surface area contributed by atoms with Crippen molar-refractivity contribution in [2.45, 2.75) is 50.6 Å². The maximum absolute atomic E-state index is 12.9. The lowest BCUT2D eigenvalue weighted by atomic mass is 9.81. The number of hydrogen-bond acceptors (Lipinski definition) is 5. The number of imide groups is 1. The molecule has 0 radical (unpaired) electrons. The number of fused-ring (bicyclic) bond motifs is 1. The highest BCUT2D eigenvalue weighted by atomic mass is 32.2. The number of aryl methyl sites for hydroxylation is 1. The fourth-order valence-corrected chi connectivity index (χ4v) is 5.64. The first-order chi connectivity index (χ1) is 14.4. The van der Waals surface area contributed by atoms with Crippen LogP contribution in [0.4, 0.5) is 0 Å². The lowest BCUT2D eigenvalue weighted by Crippen LogP contribution is -2.30. The van der Waals surface area contributed by atoms with Crippen LogP contribution in [0.15, 0.2) is 47.5 Å². The van der Waals surface area contributed by atoms with Crippen LogP contribution < -0.4 is 4.72 Å². The first-order valence-electron chi connectivity index (χ1n) is 10.2. The molecule has 0 bridgehead atoms. The van der Waals surface area contributed by atoms with Gasteiger partial charge in [-0.05, 0) is 49.1 Å². The normalized spacial score (nSPS) is 21.7. The Kier molecular flexibility index (Phi) is 5.71. The molecule has 2 aromatic rings. The molecule has 2 aliphatic rings. The maximum atomic E-state index is 12.9. The molecule has 8 heteroatoms. The first-order valence-corrected chi connectivity index (χ1v) is 11.7. The summed E-state index contributed by atoms with van der Waals surface area (Å²) in [7, 11) is -3.77. The lowest BCUT2D eigenvalue weighted by Gasteiger charge is -2.19. The number of benzene rings is 1. The van der Waals surface area contributed by atoms with E-state index in [1.165, 1.54) is 4.90 Å². The second kappa shape index (κ2) is 8.28. The van der Waals surface area contributed by atoms with Gasteiger partial charge in [-0.25, -0.2) is 13.1 Å². The molecule has 1 aliphatic carbocycles. The van der Waals surface area contributed by atoms with Gasteiger partial charge >= 0.3 is 0 Å². The molecule has 30 heavy (non-hydrogen) atoms. The topological polar surface area (TPSA) is 96.4 Å². The van der Waals surface area contributed by atoms with E-state index in [-0.39, 0.29) is 41.6 Å². The average molecular weight is 428 g/mol. The van der Waals surface area contributed by atoms with E-state index >= 15 is 0 Å². The van der Waals surface area contributed by atoms with Crippen LogP contribution in [0, 0.1) is 18.8 Å². The number of carbonyl (C=O) groups is 2. The average Bonchev–Trinajstić information content (AvgIpc) is 2.99. The van der Waals surface area contributed by atoms with Gasteiger partial charge in [-0.15, -0.1) is 0 Å². The lowest BCUT2D eigenvalue weighted by molar-refractivity contribution is -0.140. The van der Waals surface area contributed by atoms with Gasteiger partial charge in [0.1, 0.15) is 0 Å². The van der Waals surface area contributed by atoms with Crippen molar-refractivity contribution < 1.29 is 18.0 Å². The number of hydrogen-bond donors (Lipinski definition) is 1. The molecule has 0 spiro atoms. The zero-order valence-electron chi connectivity index (χ0n) is 16.9. The minimum absolute atomic E-state index is 0.0826. The molecule has 2 amide bonds. The van der Waals surface area contributed by atoms with E-state index in [1.807, 2.05) is 0 Å². The number of aromatic nitrogens is 1. The third kappa shape index (κ3) is 4.02. The van der Waals surface area contributed by atoms with E-state index < -0.39 is 10.0 Å². The second-order valence-corrected chi connectivity index (χ2v) is 9.74. The van der Waals surface area contributed by atoms with Crippen LogP contribution in [0.1, 0.15) is 42.5 Å². The Morgan fingerprint density at radius 3 is 2.40 bits per heavy atom. The summed E-state index contributed by atoms with van der Waals surface area (Å²) < 4.78 is 28.3. The van der Waals surface area contributed by atoms with Crippen LogP contribution in [0.3, 0.4) is 0 Å². The molecule has 158 valence electrons. The Morgan fingerprint density at radius 2 is 1.77 bits per heavy atom. The predicted octanol–water partition coefficient (Wildman–Crippen LogP) is 2.54. The Labute approximate surface area is 176 Å². The molecular weight excluding hydrogens is 402 g/mol. The third-order valence-electron chi connectivity index (χ3n) is 5.98. The predicted molar refractivity (Wildman–Crippen MR) is 110 cm³/mol. The van der Waals surface area contributed by atoms with E-state index in [9.17, 15) is 18.0 Å². The fourth-order valence-electron chi connectivity index (χ4n) is 4.35. The van der Waals surface area contributed by atoms with Crippen molar-refractivity contribution in [3.8, 4) is 0 Å². The number of pyridine rings is 1. The van der Waals surface area contributed by atoms with Crippen molar-refractivity contribution in [1.82, 2.24) is 14.6 Å². The van der Waals surface area contributed by atoms with Crippen LogP contribution in [-0.2, 0) is 32.7 Å². The van der Waals surface area contributed by atoms with Crippen molar-refractivity contribution in [2.24, 2.45) is 11.8 Å². The number of nitrogens with one attached hydrogen (secondary N) is 1. The summed E-state index contributed by atoms with van der Waals surface area (Å²) in [5.74, 6) is -0.661. The SMILES string of the molecule is Cc1ccc(CN2C(=O)C3CCCCC3C2=O)cc1S(=O)(=O)NCc1ccccn1. The van der Waals surface area contributed by atoms with Crippen molar-refractivity contribution in [3.05, 3.63) is 59.4 Å². The Morgan fingerprint density at radius 1 is 1.07 bits per heavy atom. The summed E-state index contributed by atoms with van der Waals surface area (Å²) in [6.45, 7) is 1.91. The van der Waals surface area contributed by atoms with E-state index in [1.54, 1.807) is 49.5 Å². The van der Waals surface area contributed by atoms with Crippen LogP contribution in [0.2, 0.25) is 0 Å². The van der Waals surface area contributed by atoms with E-state index in [0.29, 0.717) is 16.8 Å². The molecule has 7 nitrogen and oxygen atoms in total. The summed E-state index contributed by atoms with van der Waals surface area (Å²) >= 11 is 0. The zero-order valence-corrected chi connectivity index (χ0v) is 17.7. The highest BCUT2D eigenvalue weighted by molar-refractivity contribution is 7.89. The number of carbonyl (C=O) groups excluding carboxylic acids is 2. The van der Waals surface area contributed by atoms with Gasteiger partial charge in [0.15, 0.2) is 0 Å². The van der Waals surface area contributed by atoms with Crippen LogP contribution in [-0.4, -0.2) is 30.1 Å². The van der Waals surface area contributed by atoms with Crippen LogP contribution in [0.5, 0.6) is 0 Å². The second-order valence-electron chi connectivity index (χ2n) is 8.01. The van der Waals surface area contributed by atoms with Crippen LogP contribution >= 0.6 is 0 Å². The highest BCUT2D eigenvalue weighted by Crippen LogP contribution is 2.38. The van der Waals surface area contributed by atoms with E-state index in [4.69, 9.17) is 0 Å². The van der Waals surface area contributed by atoms with Gasteiger partial charge < -0.3 is 0 Å². The minimum atomic E-state index is -3.77. The molecule has 1 saturated heterocycles. The molecule has 2 unspecified atom stereocenters. The molecular formula is C22H25N3O4S. The Hall–Kier alpha value is -2.58. The molecule has 1 saturated carbocycles. The van der Waals surface area contributed by atoms with Crippen molar-refractivity contribution in [1.29, 1.82) is 0 Å². The first kappa shape index (κ1) is 20.7. The highest BCUT2D eigenvalue weighted by Gasteiger charge is 2.47. The van der Waals surface area contributed by atoms with Gasteiger partial charge in [0, 0.05) is 6.20 Å². The minimum Gasteiger partial charge on any atom is -0.278 e. The number of nitrogens with zero attached hydrogens (tertiary/aromatic N) is 2. The number of amides is 2. The van der Waals surface area contributed by atoms with E-state index in [2.05, 4.69) is 9.71 Å². The van der Waals surface area contributed by atoms with E-state index in [0.717, 1.165) is 25.7 Å². The van der Waals surface area contributed by atoms with Crippen molar-refractivity contribution in [2.75, 3.05) is 0 Å². The quantitative estimate of drug-likeness (QED) is 0.715. The molecule has 2 atom stereocenters. The largest absolute Gasteiger partial charge is 0.278 e. The van der Waals surface area contributed by atoms with Gasteiger partial charge in [0.05, 0.1) is 35.5 Å². The van der Waals surface area contributed by atoms with Gasteiger partial charge in [0.2, 0.25) is 21.8 Å². The summed E-state index contributed by atoms with van der Waals surface area (Å²) in [5, 5.41) is 0. The molecule has 2 fully saturated rings. The Bertz CT molecular complexity index is 1050. The molecule has 1 aliphatic heterocycles. The zero-order chi connectivity index (χ0) is 21.3. The standard InChI is InChI=1S/C22H25N3O4S/c1-15-9-10-16(14-25-21(26)18-7-2-3-8-19(18)22(25)27)12-20(15)30(28,29)24-13-17-6-4-5-11-23-17/h4-6,9-12,18-19,24H,2-3,7-8,13-14H2,1H3. The number of likely N-dealkylation sites (tertiary alicyclic amines) is 1. The molecule has 1 N–H and O–H groups in total. The molecule has 1 aromatic carbocycles. The summed E-state index contributed by atoms with van der Waals surface area (Å²) in [6.07, 6.45) is 5.08. The fraction of sp³-hybridized carbons (Fsp3) is 0.409. The summed E-state index contributed by atoms with van der Waals surface area (Å²) in [6, 6.07) is 10.3. The third-order valence-corrected chi connectivity index (χ3v) is 7.53. The van der Waals surface area contributed by atoms with Gasteiger partial charge in [0.25, 0.3) is 0 Å². The molecule has 2 heterocycles. The monoisotopic (exact) mass is 427 g/mol. The smallest absolute Gasteiger partial charge is 0.241 e. The van der Waals surface area contributed by atoms with Gasteiger partial charge in [-0.3, -0.25) is 19.5 Å². The van der Waals surface area contributed by atoms with Crippen molar-refractivity contribution in [3.63, 3.8) is 0 Å². The summed E-state index contributed by atoms with van der Waals surface area (Å²) in [4.78, 5) is 31.0. The van der Waals surface area contributed by atoms with Gasteiger partial charge in [-0.2, -0.15) is 0 Å². The van der Waals surface area contributed by atoms with Crippen molar-refractivity contribution >= 4 is 21.8 Å². The molecule has 4 rings (SSSR count). The van der Waals surface area contributed by atoms with Crippen LogP contribution in [0.25, 0.3) is 0 Å². The van der Waals surface area contributed by atoms with Gasteiger partial charge in [-0.1, -0.05) is 31.0 Å².